The molecule has 0 aliphatic heterocycles. The van der Waals surface area contributed by atoms with Crippen LogP contribution in [0.3, 0.4) is 0 Å². The highest BCUT2D eigenvalue weighted by Crippen LogP contribution is 2.34. The van der Waals surface area contributed by atoms with Gasteiger partial charge in [0.15, 0.2) is 5.82 Å². The Morgan fingerprint density at radius 1 is 1.20 bits per heavy atom. The first-order valence-corrected chi connectivity index (χ1v) is 8.30. The fourth-order valence-corrected chi connectivity index (χ4v) is 3.94. The minimum atomic E-state index is 0.191. The molecular weight excluding hydrogens is 250 g/mol. The number of hydrogen-bond acceptors (Lipinski definition) is 4. The van der Waals surface area contributed by atoms with Gasteiger partial charge in [-0.25, -0.2) is 0 Å². The second kappa shape index (κ2) is 6.25. The fourth-order valence-electron chi connectivity index (χ4n) is 3.94. The molecule has 1 aromatic rings. The maximum Gasteiger partial charge on any atom is 0.228 e. The molecule has 20 heavy (non-hydrogen) atoms. The Morgan fingerprint density at radius 3 is 2.75 bits per heavy atom. The van der Waals surface area contributed by atoms with Gasteiger partial charge in [-0.1, -0.05) is 37.8 Å². The lowest BCUT2D eigenvalue weighted by Gasteiger charge is -2.23. The highest BCUT2D eigenvalue weighted by Gasteiger charge is 2.27. The van der Waals surface area contributed by atoms with Crippen LogP contribution in [0.1, 0.15) is 75.9 Å². The van der Waals surface area contributed by atoms with Gasteiger partial charge in [0.25, 0.3) is 0 Å². The molecule has 4 nitrogen and oxygen atoms in total. The van der Waals surface area contributed by atoms with Crippen LogP contribution in [0.4, 0.5) is 0 Å². The van der Waals surface area contributed by atoms with Gasteiger partial charge in [-0.2, -0.15) is 4.98 Å². The van der Waals surface area contributed by atoms with Gasteiger partial charge in [0.1, 0.15) is 0 Å². The van der Waals surface area contributed by atoms with E-state index in [-0.39, 0.29) is 6.04 Å². The lowest BCUT2D eigenvalue weighted by Crippen LogP contribution is -2.30. The van der Waals surface area contributed by atoms with Crippen molar-refractivity contribution in [2.45, 2.75) is 76.7 Å². The van der Waals surface area contributed by atoms with Gasteiger partial charge in [0.2, 0.25) is 5.89 Å². The van der Waals surface area contributed by atoms with Crippen molar-refractivity contribution < 1.29 is 4.52 Å². The molecule has 0 bridgehead atoms. The van der Waals surface area contributed by atoms with E-state index in [0.717, 1.165) is 24.1 Å². The smallest absolute Gasteiger partial charge is 0.228 e. The van der Waals surface area contributed by atoms with Crippen LogP contribution in [-0.4, -0.2) is 16.2 Å². The molecule has 0 amide bonds. The normalized spacial score (nSPS) is 29.7. The molecular formula is C16H27N3O. The molecule has 2 saturated carbocycles. The van der Waals surface area contributed by atoms with Crippen LogP contribution in [0.15, 0.2) is 4.52 Å². The van der Waals surface area contributed by atoms with E-state index in [4.69, 9.17) is 10.3 Å². The summed E-state index contributed by atoms with van der Waals surface area (Å²) >= 11 is 0. The van der Waals surface area contributed by atoms with Crippen LogP contribution in [0.2, 0.25) is 0 Å². The number of nitrogens with zero attached hydrogens (tertiary/aromatic N) is 2. The Hall–Kier alpha value is -0.900. The topological polar surface area (TPSA) is 64.9 Å². The van der Waals surface area contributed by atoms with Crippen molar-refractivity contribution in [3.05, 3.63) is 11.7 Å². The van der Waals surface area contributed by atoms with Gasteiger partial charge in [-0.3, -0.25) is 0 Å². The van der Waals surface area contributed by atoms with Crippen LogP contribution < -0.4 is 5.73 Å². The maximum atomic E-state index is 6.29. The Bertz CT molecular complexity index is 425. The average molecular weight is 277 g/mol. The molecule has 2 N–H and O–H groups in total. The predicted molar refractivity (Wildman–Crippen MR) is 78.3 cm³/mol. The lowest BCUT2D eigenvalue weighted by atomic mass is 9.82. The van der Waals surface area contributed by atoms with Crippen molar-refractivity contribution in [2.75, 3.05) is 0 Å². The Balaban J connectivity index is 1.58. The van der Waals surface area contributed by atoms with Crippen molar-refractivity contribution in [1.82, 2.24) is 10.1 Å². The molecule has 2 aliphatic carbocycles. The molecule has 0 radical (unpaired) electrons. The molecule has 3 rings (SSSR count). The third-order valence-electron chi connectivity index (χ3n) is 5.20. The number of nitrogens with two attached hydrogens (primary N) is 1. The molecule has 112 valence electrons. The standard InChI is InChI=1S/C16H27N3O/c1-11-5-4-8-13(9-11)16-18-15(20-19-16)10-14(17)12-6-2-3-7-12/h11-14H,2-10,17H2,1H3. The van der Waals surface area contributed by atoms with E-state index in [1.807, 2.05) is 0 Å². The molecule has 2 fully saturated rings. The van der Waals surface area contributed by atoms with Crippen molar-refractivity contribution in [2.24, 2.45) is 17.6 Å². The number of rotatable bonds is 4. The molecule has 0 spiro atoms. The third kappa shape index (κ3) is 3.22. The molecule has 3 unspecified atom stereocenters. The third-order valence-corrected chi connectivity index (χ3v) is 5.20. The van der Waals surface area contributed by atoms with Crippen LogP contribution in [0.25, 0.3) is 0 Å². The van der Waals surface area contributed by atoms with Gasteiger partial charge in [0, 0.05) is 18.4 Å². The summed E-state index contributed by atoms with van der Waals surface area (Å²) in [4.78, 5) is 4.62. The first-order chi connectivity index (χ1) is 9.72. The van der Waals surface area contributed by atoms with Crippen LogP contribution in [0, 0.1) is 11.8 Å². The Morgan fingerprint density at radius 2 is 2.00 bits per heavy atom. The second-order valence-corrected chi connectivity index (χ2v) is 6.93. The van der Waals surface area contributed by atoms with Crippen LogP contribution >= 0.6 is 0 Å². The quantitative estimate of drug-likeness (QED) is 0.915. The van der Waals surface area contributed by atoms with Crippen molar-refractivity contribution in [1.29, 1.82) is 0 Å². The van der Waals surface area contributed by atoms with Gasteiger partial charge in [-0.15, -0.1) is 0 Å². The number of hydrogen-bond donors (Lipinski definition) is 1. The molecule has 4 heteroatoms. The zero-order valence-electron chi connectivity index (χ0n) is 12.6. The predicted octanol–water partition coefficient (Wildman–Crippen LogP) is 3.42. The maximum absolute atomic E-state index is 6.29. The SMILES string of the molecule is CC1CCCC(c2noc(CC(N)C3CCCC3)n2)C1. The van der Waals surface area contributed by atoms with E-state index in [9.17, 15) is 0 Å². The van der Waals surface area contributed by atoms with Gasteiger partial charge >= 0.3 is 0 Å². The first-order valence-electron chi connectivity index (χ1n) is 8.30. The Labute approximate surface area is 121 Å². The minimum absolute atomic E-state index is 0.191. The van der Waals surface area contributed by atoms with E-state index in [0.29, 0.717) is 11.8 Å². The van der Waals surface area contributed by atoms with Gasteiger partial charge in [-0.05, 0) is 37.5 Å². The number of aromatic nitrogens is 2. The summed E-state index contributed by atoms with van der Waals surface area (Å²) in [6, 6.07) is 0.191. The molecule has 0 saturated heterocycles. The monoisotopic (exact) mass is 277 g/mol. The highest BCUT2D eigenvalue weighted by molar-refractivity contribution is 4.99. The van der Waals surface area contributed by atoms with Crippen molar-refractivity contribution >= 4 is 0 Å². The van der Waals surface area contributed by atoms with Crippen molar-refractivity contribution in [3.63, 3.8) is 0 Å². The second-order valence-electron chi connectivity index (χ2n) is 6.93. The van der Waals surface area contributed by atoms with E-state index in [1.54, 1.807) is 0 Å². The summed E-state index contributed by atoms with van der Waals surface area (Å²) in [5.41, 5.74) is 6.29. The van der Waals surface area contributed by atoms with Gasteiger partial charge < -0.3 is 10.3 Å². The summed E-state index contributed by atoms with van der Waals surface area (Å²) in [6.45, 7) is 2.32. The van der Waals surface area contributed by atoms with Crippen LogP contribution in [0.5, 0.6) is 0 Å². The summed E-state index contributed by atoms with van der Waals surface area (Å²) < 4.78 is 5.44. The zero-order valence-corrected chi connectivity index (χ0v) is 12.6. The largest absolute Gasteiger partial charge is 0.339 e. The highest BCUT2D eigenvalue weighted by atomic mass is 16.5. The average Bonchev–Trinajstić information content (AvgIpc) is 3.10. The fraction of sp³-hybridized carbons (Fsp3) is 0.875. The lowest BCUT2D eigenvalue weighted by molar-refractivity contribution is 0.314. The summed E-state index contributed by atoms with van der Waals surface area (Å²) in [6.07, 6.45) is 11.0. The molecule has 1 aromatic heterocycles. The van der Waals surface area contributed by atoms with E-state index in [2.05, 4.69) is 17.1 Å². The Kier molecular flexibility index (Phi) is 4.39. The van der Waals surface area contributed by atoms with E-state index in [1.165, 1.54) is 51.4 Å². The van der Waals surface area contributed by atoms with E-state index < -0.39 is 0 Å². The minimum Gasteiger partial charge on any atom is -0.339 e. The van der Waals surface area contributed by atoms with Crippen LogP contribution in [-0.2, 0) is 6.42 Å². The molecule has 3 atom stereocenters. The van der Waals surface area contributed by atoms with Crippen molar-refractivity contribution in [3.8, 4) is 0 Å². The molecule has 0 aromatic carbocycles. The summed E-state index contributed by atoms with van der Waals surface area (Å²) in [5.74, 6) is 3.61. The zero-order chi connectivity index (χ0) is 13.9. The first kappa shape index (κ1) is 14.1. The van der Waals surface area contributed by atoms with Gasteiger partial charge in [0.05, 0.1) is 0 Å². The molecule has 1 heterocycles. The summed E-state index contributed by atoms with van der Waals surface area (Å²) in [7, 11) is 0. The summed E-state index contributed by atoms with van der Waals surface area (Å²) in [5, 5.41) is 4.21. The van der Waals surface area contributed by atoms with E-state index >= 15 is 0 Å². The molecule has 2 aliphatic rings.